The summed E-state index contributed by atoms with van der Waals surface area (Å²) in [6.07, 6.45) is -0.213. The second-order valence-corrected chi connectivity index (χ2v) is 4.92. The van der Waals surface area contributed by atoms with Crippen molar-refractivity contribution >= 4 is 5.78 Å². The number of rotatable bonds is 4. The molecule has 1 aliphatic heterocycles. The molecule has 0 aliphatic carbocycles. The van der Waals surface area contributed by atoms with Gasteiger partial charge in [-0.05, 0) is 31.2 Å². The fourth-order valence-electron chi connectivity index (χ4n) is 2.31. The van der Waals surface area contributed by atoms with E-state index < -0.39 is 0 Å². The second-order valence-electron chi connectivity index (χ2n) is 4.92. The normalized spacial score (nSPS) is 24.3. The Labute approximate surface area is 112 Å². The van der Waals surface area contributed by atoms with Crippen molar-refractivity contribution in [3.05, 3.63) is 29.8 Å². The highest BCUT2D eigenvalue weighted by molar-refractivity contribution is 5.97. The van der Waals surface area contributed by atoms with Gasteiger partial charge in [0.25, 0.3) is 0 Å². The van der Waals surface area contributed by atoms with E-state index in [1.165, 1.54) is 12.1 Å². The van der Waals surface area contributed by atoms with Gasteiger partial charge in [0, 0.05) is 18.7 Å². The molecule has 1 heterocycles. The van der Waals surface area contributed by atoms with Crippen LogP contribution in [0.5, 0.6) is 5.75 Å². The molecule has 0 aromatic heterocycles. The van der Waals surface area contributed by atoms with Gasteiger partial charge in [0.05, 0.1) is 25.4 Å². The molecule has 1 aromatic carbocycles. The van der Waals surface area contributed by atoms with E-state index in [9.17, 15) is 9.90 Å². The van der Waals surface area contributed by atoms with Crippen LogP contribution in [0.4, 0.5) is 0 Å². The Morgan fingerprint density at radius 2 is 2.05 bits per heavy atom. The minimum Gasteiger partial charge on any atom is -0.508 e. The highest BCUT2D eigenvalue weighted by atomic mass is 16.5. The topological polar surface area (TPSA) is 70.0 Å². The zero-order valence-electron chi connectivity index (χ0n) is 11.0. The molecule has 5 heteroatoms. The number of aliphatic hydroxyl groups excluding tert-OH is 1. The summed E-state index contributed by atoms with van der Waals surface area (Å²) in [6.45, 7) is 3.44. The van der Waals surface area contributed by atoms with Crippen LogP contribution < -0.4 is 0 Å². The van der Waals surface area contributed by atoms with Gasteiger partial charge in [-0.25, -0.2) is 0 Å². The lowest BCUT2D eigenvalue weighted by molar-refractivity contribution is -0.0926. The number of carbonyl (C=O) groups is 1. The Morgan fingerprint density at radius 1 is 1.37 bits per heavy atom. The van der Waals surface area contributed by atoms with Gasteiger partial charge in [-0.15, -0.1) is 0 Å². The first kappa shape index (κ1) is 14.0. The molecule has 0 amide bonds. The maximum Gasteiger partial charge on any atom is 0.176 e. The molecular weight excluding hydrogens is 246 g/mol. The third-order valence-corrected chi connectivity index (χ3v) is 3.16. The average molecular weight is 265 g/mol. The number of hydrogen-bond acceptors (Lipinski definition) is 5. The SMILES string of the molecule is CC1CN(CC(=O)c2ccc(O)cc2)CC(CO)O1. The molecule has 2 unspecified atom stereocenters. The molecule has 0 radical (unpaired) electrons. The Morgan fingerprint density at radius 3 is 2.68 bits per heavy atom. The van der Waals surface area contributed by atoms with Gasteiger partial charge < -0.3 is 14.9 Å². The molecule has 1 saturated heterocycles. The van der Waals surface area contributed by atoms with Gasteiger partial charge in [0.15, 0.2) is 5.78 Å². The van der Waals surface area contributed by atoms with Gasteiger partial charge in [0.1, 0.15) is 5.75 Å². The van der Waals surface area contributed by atoms with E-state index in [2.05, 4.69) is 0 Å². The van der Waals surface area contributed by atoms with Crippen LogP contribution in [-0.4, -0.2) is 59.3 Å². The molecule has 19 heavy (non-hydrogen) atoms. The van der Waals surface area contributed by atoms with Crippen molar-refractivity contribution in [3.63, 3.8) is 0 Å². The molecule has 5 nitrogen and oxygen atoms in total. The molecule has 2 N–H and O–H groups in total. The minimum absolute atomic E-state index is 0.00536. The van der Waals surface area contributed by atoms with Crippen molar-refractivity contribution < 1.29 is 19.7 Å². The van der Waals surface area contributed by atoms with Crippen LogP contribution in [0.25, 0.3) is 0 Å². The number of benzene rings is 1. The molecule has 0 spiro atoms. The quantitative estimate of drug-likeness (QED) is 0.783. The molecule has 1 aliphatic rings. The Kier molecular flexibility index (Phi) is 4.52. The van der Waals surface area contributed by atoms with Crippen LogP contribution in [0.15, 0.2) is 24.3 Å². The van der Waals surface area contributed by atoms with Crippen LogP contribution >= 0.6 is 0 Å². The number of aliphatic hydroxyl groups is 1. The van der Waals surface area contributed by atoms with Gasteiger partial charge in [0.2, 0.25) is 0 Å². The maximum absolute atomic E-state index is 12.1. The third-order valence-electron chi connectivity index (χ3n) is 3.16. The van der Waals surface area contributed by atoms with Crippen molar-refractivity contribution in [2.75, 3.05) is 26.2 Å². The van der Waals surface area contributed by atoms with E-state index >= 15 is 0 Å². The van der Waals surface area contributed by atoms with E-state index in [0.717, 1.165) is 0 Å². The lowest BCUT2D eigenvalue weighted by atomic mass is 10.1. The van der Waals surface area contributed by atoms with Crippen molar-refractivity contribution in [2.45, 2.75) is 19.1 Å². The third kappa shape index (κ3) is 3.76. The number of nitrogens with zero attached hydrogens (tertiary/aromatic N) is 1. The number of carbonyl (C=O) groups excluding carboxylic acids is 1. The molecule has 2 rings (SSSR count). The first-order chi connectivity index (χ1) is 9.08. The second kappa shape index (κ2) is 6.14. The van der Waals surface area contributed by atoms with Crippen LogP contribution in [0.2, 0.25) is 0 Å². The zero-order valence-corrected chi connectivity index (χ0v) is 11.0. The van der Waals surface area contributed by atoms with Crippen LogP contribution in [0, 0.1) is 0 Å². The predicted octanol–water partition coefficient (Wildman–Crippen LogP) is 0.656. The number of phenols is 1. The lowest BCUT2D eigenvalue weighted by Gasteiger charge is -2.35. The number of Topliss-reactive ketones (excluding diaryl/α,β-unsaturated/α-hetero) is 1. The fraction of sp³-hybridized carbons (Fsp3) is 0.500. The summed E-state index contributed by atoms with van der Waals surface area (Å²) in [5.74, 6) is 0.155. The summed E-state index contributed by atoms with van der Waals surface area (Å²) in [5, 5.41) is 18.3. The summed E-state index contributed by atoms with van der Waals surface area (Å²) >= 11 is 0. The van der Waals surface area contributed by atoms with Crippen LogP contribution in [0.3, 0.4) is 0 Å². The number of aromatic hydroxyl groups is 1. The first-order valence-electron chi connectivity index (χ1n) is 6.39. The zero-order chi connectivity index (χ0) is 13.8. The van der Waals surface area contributed by atoms with E-state index in [0.29, 0.717) is 25.2 Å². The van der Waals surface area contributed by atoms with Gasteiger partial charge >= 0.3 is 0 Å². The Balaban J connectivity index is 1.96. The molecular formula is C14H19NO4. The standard InChI is InChI=1S/C14H19NO4/c1-10-6-15(7-13(9-16)19-10)8-14(18)11-2-4-12(17)5-3-11/h2-5,10,13,16-17H,6-9H2,1H3. The molecule has 1 aromatic rings. The summed E-state index contributed by atoms with van der Waals surface area (Å²) in [6, 6.07) is 6.24. The molecule has 1 fully saturated rings. The Hall–Kier alpha value is -1.43. The summed E-state index contributed by atoms with van der Waals surface area (Å²) in [7, 11) is 0. The van der Waals surface area contributed by atoms with E-state index in [-0.39, 0.29) is 30.3 Å². The number of ether oxygens (including phenoxy) is 1. The number of hydrogen-bond donors (Lipinski definition) is 2. The number of phenolic OH excluding ortho intramolecular Hbond substituents is 1. The molecule has 104 valence electrons. The monoisotopic (exact) mass is 265 g/mol. The van der Waals surface area contributed by atoms with E-state index in [1.54, 1.807) is 12.1 Å². The van der Waals surface area contributed by atoms with Gasteiger partial charge in [-0.3, -0.25) is 9.69 Å². The molecule has 2 atom stereocenters. The summed E-state index contributed by atoms with van der Waals surface area (Å²) < 4.78 is 5.53. The number of morpholine rings is 1. The fourth-order valence-corrected chi connectivity index (χ4v) is 2.31. The highest BCUT2D eigenvalue weighted by Gasteiger charge is 2.26. The van der Waals surface area contributed by atoms with Crippen molar-refractivity contribution in [3.8, 4) is 5.75 Å². The highest BCUT2D eigenvalue weighted by Crippen LogP contribution is 2.14. The largest absolute Gasteiger partial charge is 0.508 e. The predicted molar refractivity (Wildman–Crippen MR) is 70.3 cm³/mol. The van der Waals surface area contributed by atoms with Crippen molar-refractivity contribution in [2.24, 2.45) is 0 Å². The van der Waals surface area contributed by atoms with E-state index in [4.69, 9.17) is 9.84 Å². The molecule has 0 bridgehead atoms. The smallest absolute Gasteiger partial charge is 0.176 e. The minimum atomic E-state index is -0.226. The van der Waals surface area contributed by atoms with Crippen LogP contribution in [0.1, 0.15) is 17.3 Å². The molecule has 0 saturated carbocycles. The maximum atomic E-state index is 12.1. The first-order valence-corrected chi connectivity index (χ1v) is 6.39. The summed E-state index contributed by atoms with van der Waals surface area (Å²) in [4.78, 5) is 14.1. The summed E-state index contributed by atoms with van der Waals surface area (Å²) in [5.41, 5.74) is 0.581. The Bertz CT molecular complexity index is 432. The average Bonchev–Trinajstić information content (AvgIpc) is 2.38. The van der Waals surface area contributed by atoms with Crippen molar-refractivity contribution in [1.29, 1.82) is 0 Å². The van der Waals surface area contributed by atoms with Crippen LogP contribution in [-0.2, 0) is 4.74 Å². The lowest BCUT2D eigenvalue weighted by Crippen LogP contribution is -2.49. The van der Waals surface area contributed by atoms with E-state index in [1.807, 2.05) is 11.8 Å². The van der Waals surface area contributed by atoms with Crippen molar-refractivity contribution in [1.82, 2.24) is 4.90 Å². The van der Waals surface area contributed by atoms with Gasteiger partial charge in [-0.2, -0.15) is 0 Å². The van der Waals surface area contributed by atoms with Gasteiger partial charge in [-0.1, -0.05) is 0 Å². The number of ketones is 1.